The highest BCUT2D eigenvalue weighted by molar-refractivity contribution is 5.97. The van der Waals surface area contributed by atoms with E-state index in [4.69, 9.17) is 14.2 Å². The normalized spacial score (nSPS) is 12.1. The minimum Gasteiger partial charge on any atom is -0.493 e. The Balaban J connectivity index is 1.90. The predicted molar refractivity (Wildman–Crippen MR) is 105 cm³/mol. The van der Waals surface area contributed by atoms with Gasteiger partial charge in [0.15, 0.2) is 12.0 Å². The van der Waals surface area contributed by atoms with Gasteiger partial charge in [-0.15, -0.1) is 0 Å². The van der Waals surface area contributed by atoms with Crippen LogP contribution in [0.1, 0.15) is 6.92 Å². The standard InChI is InChI=1S/C20H19N5O4/c1-12(27-3)28-20-23-18-16(19(26)24-20)15(29-13-7-5-4-6-8-13)9-21-17(18)14-10-25(2)11-22-14/h4-12H,1-3H3,(H,23,24,26). The predicted octanol–water partition coefficient (Wildman–Crippen LogP) is 3.29. The van der Waals surface area contributed by atoms with Crippen molar-refractivity contribution in [3.8, 4) is 34.8 Å². The van der Waals surface area contributed by atoms with Gasteiger partial charge < -0.3 is 23.9 Å². The summed E-state index contributed by atoms with van der Waals surface area (Å²) < 4.78 is 18.3. The first kappa shape index (κ1) is 18.6. The molecular formula is C20H19N5O4. The number of benzene rings is 1. The first-order valence-electron chi connectivity index (χ1n) is 8.85. The summed E-state index contributed by atoms with van der Waals surface area (Å²) in [6.45, 7) is 1.69. The summed E-state index contributed by atoms with van der Waals surface area (Å²) in [5, 5.41) is 11.0. The third-order valence-corrected chi connectivity index (χ3v) is 4.17. The van der Waals surface area contributed by atoms with Gasteiger partial charge in [-0.25, -0.2) is 9.97 Å². The third-order valence-electron chi connectivity index (χ3n) is 4.17. The molecule has 0 aliphatic rings. The summed E-state index contributed by atoms with van der Waals surface area (Å²) in [5.74, 6) is 0.613. The second kappa shape index (κ2) is 7.72. The first-order chi connectivity index (χ1) is 14.0. The molecule has 0 amide bonds. The van der Waals surface area contributed by atoms with Crippen molar-refractivity contribution in [3.63, 3.8) is 0 Å². The van der Waals surface area contributed by atoms with Crippen molar-refractivity contribution >= 4 is 10.9 Å². The van der Waals surface area contributed by atoms with E-state index in [9.17, 15) is 5.11 Å². The molecule has 148 valence electrons. The fourth-order valence-corrected chi connectivity index (χ4v) is 2.74. The molecule has 4 rings (SSSR count). The van der Waals surface area contributed by atoms with E-state index < -0.39 is 6.29 Å². The Morgan fingerprint density at radius 2 is 1.90 bits per heavy atom. The van der Waals surface area contributed by atoms with E-state index in [1.54, 1.807) is 36.1 Å². The van der Waals surface area contributed by atoms with Crippen molar-refractivity contribution in [2.45, 2.75) is 13.2 Å². The Morgan fingerprint density at radius 3 is 2.59 bits per heavy atom. The van der Waals surface area contributed by atoms with E-state index >= 15 is 0 Å². The van der Waals surface area contributed by atoms with Crippen LogP contribution in [0.3, 0.4) is 0 Å². The monoisotopic (exact) mass is 393 g/mol. The highest BCUT2D eigenvalue weighted by Crippen LogP contribution is 2.38. The van der Waals surface area contributed by atoms with Gasteiger partial charge >= 0.3 is 6.01 Å². The Bertz CT molecular complexity index is 1150. The molecule has 29 heavy (non-hydrogen) atoms. The fraction of sp³-hybridized carbons (Fsp3) is 0.200. The minimum absolute atomic E-state index is 0.0415. The van der Waals surface area contributed by atoms with Gasteiger partial charge in [0.1, 0.15) is 28.0 Å². The van der Waals surface area contributed by atoms with Crippen molar-refractivity contribution in [2.75, 3.05) is 7.11 Å². The summed E-state index contributed by atoms with van der Waals surface area (Å²) in [7, 11) is 3.35. The number of imidazole rings is 1. The summed E-state index contributed by atoms with van der Waals surface area (Å²) in [4.78, 5) is 17.3. The molecule has 1 N–H and O–H groups in total. The number of hydrogen-bond acceptors (Lipinski definition) is 8. The van der Waals surface area contributed by atoms with Crippen LogP contribution in [0.25, 0.3) is 22.3 Å². The lowest BCUT2D eigenvalue weighted by atomic mass is 10.2. The van der Waals surface area contributed by atoms with E-state index in [0.29, 0.717) is 33.8 Å². The van der Waals surface area contributed by atoms with Gasteiger partial charge in [0.25, 0.3) is 0 Å². The lowest BCUT2D eigenvalue weighted by Crippen LogP contribution is -2.15. The van der Waals surface area contributed by atoms with Crippen LogP contribution in [-0.4, -0.2) is 43.0 Å². The van der Waals surface area contributed by atoms with E-state index in [2.05, 4.69) is 19.9 Å². The van der Waals surface area contributed by atoms with Crippen LogP contribution < -0.4 is 9.47 Å². The molecule has 1 atom stereocenters. The van der Waals surface area contributed by atoms with Crippen LogP contribution in [0.2, 0.25) is 0 Å². The zero-order chi connectivity index (χ0) is 20.4. The number of aryl methyl sites for hydroxylation is 1. The zero-order valence-electron chi connectivity index (χ0n) is 16.1. The van der Waals surface area contributed by atoms with E-state index in [-0.39, 0.29) is 11.9 Å². The highest BCUT2D eigenvalue weighted by atomic mass is 16.7. The van der Waals surface area contributed by atoms with Crippen LogP contribution in [0, 0.1) is 0 Å². The smallest absolute Gasteiger partial charge is 0.322 e. The van der Waals surface area contributed by atoms with Gasteiger partial charge in [-0.3, -0.25) is 0 Å². The number of ether oxygens (including phenoxy) is 3. The highest BCUT2D eigenvalue weighted by Gasteiger charge is 2.21. The first-order valence-corrected chi connectivity index (χ1v) is 8.85. The molecule has 3 aromatic heterocycles. The number of methoxy groups -OCH3 is 1. The Morgan fingerprint density at radius 1 is 1.10 bits per heavy atom. The van der Waals surface area contributed by atoms with Crippen molar-refractivity contribution in [3.05, 3.63) is 49.1 Å². The summed E-state index contributed by atoms with van der Waals surface area (Å²) in [6, 6.07) is 9.14. The second-order valence-electron chi connectivity index (χ2n) is 6.29. The number of rotatable bonds is 6. The Hall–Kier alpha value is -3.72. The maximum atomic E-state index is 10.7. The molecule has 0 fully saturated rings. The average molecular weight is 393 g/mol. The molecule has 0 saturated heterocycles. The summed E-state index contributed by atoms with van der Waals surface area (Å²) in [6.07, 6.45) is 4.38. The van der Waals surface area contributed by atoms with Crippen molar-refractivity contribution in [1.82, 2.24) is 24.5 Å². The van der Waals surface area contributed by atoms with Gasteiger partial charge in [0.05, 0.1) is 12.5 Å². The summed E-state index contributed by atoms with van der Waals surface area (Å²) >= 11 is 0. The fourth-order valence-electron chi connectivity index (χ4n) is 2.74. The number of para-hydroxylation sites is 1. The number of aromatic hydroxyl groups is 1. The molecule has 0 radical (unpaired) electrons. The Labute approximate surface area is 166 Å². The van der Waals surface area contributed by atoms with Crippen LogP contribution >= 0.6 is 0 Å². The lowest BCUT2D eigenvalue weighted by molar-refractivity contribution is -0.0439. The maximum absolute atomic E-state index is 10.7. The summed E-state index contributed by atoms with van der Waals surface area (Å²) in [5.41, 5.74) is 1.41. The molecule has 4 aromatic rings. The molecule has 0 saturated carbocycles. The quantitative estimate of drug-likeness (QED) is 0.498. The molecule has 1 aromatic carbocycles. The number of aromatic nitrogens is 5. The number of pyridine rings is 1. The zero-order valence-corrected chi connectivity index (χ0v) is 16.1. The number of nitrogens with zero attached hydrogens (tertiary/aromatic N) is 5. The van der Waals surface area contributed by atoms with Crippen LogP contribution in [0.4, 0.5) is 0 Å². The van der Waals surface area contributed by atoms with Crippen LogP contribution in [0.5, 0.6) is 23.4 Å². The van der Waals surface area contributed by atoms with E-state index in [0.717, 1.165) is 0 Å². The molecule has 0 aliphatic heterocycles. The molecule has 0 spiro atoms. The molecule has 1 unspecified atom stereocenters. The number of hydrogen-bond donors (Lipinski definition) is 1. The van der Waals surface area contributed by atoms with Crippen molar-refractivity contribution in [2.24, 2.45) is 7.05 Å². The SMILES string of the molecule is COC(C)Oc1nc(O)c2c(Oc3ccccc3)cnc(-c3cn(C)cn3)c2n1. The van der Waals surface area contributed by atoms with Crippen molar-refractivity contribution < 1.29 is 19.3 Å². The van der Waals surface area contributed by atoms with Crippen LogP contribution in [0.15, 0.2) is 49.1 Å². The van der Waals surface area contributed by atoms with Gasteiger partial charge in [-0.1, -0.05) is 18.2 Å². The molecule has 3 heterocycles. The topological polar surface area (TPSA) is 104 Å². The lowest BCUT2D eigenvalue weighted by Gasteiger charge is -2.14. The van der Waals surface area contributed by atoms with Gasteiger partial charge in [-0.05, 0) is 19.1 Å². The van der Waals surface area contributed by atoms with Gasteiger partial charge in [0, 0.05) is 20.4 Å². The second-order valence-corrected chi connectivity index (χ2v) is 6.29. The van der Waals surface area contributed by atoms with Crippen LogP contribution in [-0.2, 0) is 11.8 Å². The Kier molecular flexibility index (Phi) is 4.96. The van der Waals surface area contributed by atoms with E-state index in [1.165, 1.54) is 13.3 Å². The molecule has 9 heteroatoms. The maximum Gasteiger partial charge on any atom is 0.322 e. The van der Waals surface area contributed by atoms with Gasteiger partial charge in [-0.2, -0.15) is 9.97 Å². The molecule has 9 nitrogen and oxygen atoms in total. The average Bonchev–Trinajstić information content (AvgIpc) is 3.14. The largest absolute Gasteiger partial charge is 0.493 e. The van der Waals surface area contributed by atoms with Crippen molar-refractivity contribution in [1.29, 1.82) is 0 Å². The third kappa shape index (κ3) is 3.81. The minimum atomic E-state index is -0.595. The molecule has 0 bridgehead atoms. The molecule has 0 aliphatic carbocycles. The van der Waals surface area contributed by atoms with E-state index in [1.807, 2.05) is 25.2 Å². The van der Waals surface area contributed by atoms with Gasteiger partial charge in [0.2, 0.25) is 5.88 Å². The molecular weight excluding hydrogens is 374 g/mol. The number of fused-ring (bicyclic) bond motifs is 1.